The Kier molecular flexibility index (Phi) is 4.48. The SMILES string of the molecule is CCc1nn(CCF)c(CC)c1C(=O)C(F)(F)F. The molecule has 0 amide bonds. The molecular formula is C11H14F4N2O. The van der Waals surface area contributed by atoms with Crippen LogP contribution in [0.25, 0.3) is 0 Å². The Bertz CT molecular complexity index is 437. The monoisotopic (exact) mass is 266 g/mol. The van der Waals surface area contributed by atoms with Gasteiger partial charge in [0.25, 0.3) is 5.78 Å². The second kappa shape index (κ2) is 5.49. The minimum atomic E-state index is -4.93. The summed E-state index contributed by atoms with van der Waals surface area (Å²) in [5.41, 5.74) is -0.199. The molecule has 0 atom stereocenters. The lowest BCUT2D eigenvalue weighted by atomic mass is 10.0. The van der Waals surface area contributed by atoms with Gasteiger partial charge in [-0.25, -0.2) is 4.39 Å². The second-order valence-electron chi connectivity index (χ2n) is 3.71. The molecule has 0 saturated carbocycles. The Morgan fingerprint density at radius 1 is 1.28 bits per heavy atom. The number of carbonyl (C=O) groups excluding carboxylic acids is 1. The van der Waals surface area contributed by atoms with E-state index in [1.165, 1.54) is 0 Å². The Hall–Kier alpha value is -1.40. The summed E-state index contributed by atoms with van der Waals surface area (Å²) >= 11 is 0. The Morgan fingerprint density at radius 2 is 1.89 bits per heavy atom. The summed E-state index contributed by atoms with van der Waals surface area (Å²) in [4.78, 5) is 11.4. The van der Waals surface area contributed by atoms with Crippen LogP contribution in [-0.4, -0.2) is 28.4 Å². The van der Waals surface area contributed by atoms with Gasteiger partial charge in [0.2, 0.25) is 0 Å². The molecule has 7 heteroatoms. The zero-order valence-electron chi connectivity index (χ0n) is 10.1. The molecule has 1 aromatic heterocycles. The number of nitrogens with zero attached hydrogens (tertiary/aromatic N) is 2. The van der Waals surface area contributed by atoms with Crippen LogP contribution in [0.2, 0.25) is 0 Å². The van der Waals surface area contributed by atoms with E-state index < -0.39 is 24.2 Å². The molecule has 0 fully saturated rings. The van der Waals surface area contributed by atoms with E-state index in [0.29, 0.717) is 0 Å². The standard InChI is InChI=1S/C11H14F4N2O/c1-3-7-9(10(18)11(13,14)15)8(4-2)17(16-7)6-5-12/h3-6H2,1-2H3. The molecule has 0 unspecified atom stereocenters. The molecule has 0 bridgehead atoms. The summed E-state index contributed by atoms with van der Waals surface area (Å²) < 4.78 is 51.0. The van der Waals surface area contributed by atoms with Gasteiger partial charge in [-0.15, -0.1) is 0 Å². The van der Waals surface area contributed by atoms with Gasteiger partial charge in [0.1, 0.15) is 6.67 Å². The van der Waals surface area contributed by atoms with Crippen LogP contribution in [0, 0.1) is 0 Å². The third-order valence-electron chi connectivity index (χ3n) is 2.58. The molecule has 0 aliphatic rings. The quantitative estimate of drug-likeness (QED) is 0.606. The number of alkyl halides is 4. The number of halogens is 4. The van der Waals surface area contributed by atoms with Gasteiger partial charge in [0, 0.05) is 5.69 Å². The molecule has 0 spiro atoms. The number of Topliss-reactive ketones (excluding diaryl/α,β-unsaturated/α-hetero) is 1. The van der Waals surface area contributed by atoms with Crippen molar-refractivity contribution in [3.05, 3.63) is 17.0 Å². The lowest BCUT2D eigenvalue weighted by Gasteiger charge is -2.08. The van der Waals surface area contributed by atoms with Crippen molar-refractivity contribution >= 4 is 5.78 Å². The van der Waals surface area contributed by atoms with Crippen molar-refractivity contribution in [1.29, 1.82) is 0 Å². The van der Waals surface area contributed by atoms with Crippen LogP contribution in [0.5, 0.6) is 0 Å². The number of aryl methyl sites for hydroxylation is 2. The minimum Gasteiger partial charge on any atom is -0.284 e. The smallest absolute Gasteiger partial charge is 0.284 e. The van der Waals surface area contributed by atoms with Crippen molar-refractivity contribution in [2.45, 2.75) is 39.4 Å². The maximum Gasteiger partial charge on any atom is 0.455 e. The zero-order chi connectivity index (χ0) is 13.9. The minimum absolute atomic E-state index is 0.0719. The fraction of sp³-hybridized carbons (Fsp3) is 0.636. The van der Waals surface area contributed by atoms with Crippen molar-refractivity contribution < 1.29 is 22.4 Å². The van der Waals surface area contributed by atoms with E-state index in [4.69, 9.17) is 0 Å². The van der Waals surface area contributed by atoms with E-state index in [1.807, 2.05) is 0 Å². The number of carbonyl (C=O) groups is 1. The number of rotatable bonds is 5. The summed E-state index contributed by atoms with van der Waals surface area (Å²) in [6.45, 7) is 2.34. The lowest BCUT2D eigenvalue weighted by Crippen LogP contribution is -2.25. The molecule has 0 saturated heterocycles. The summed E-state index contributed by atoms with van der Waals surface area (Å²) in [6, 6.07) is 0. The Morgan fingerprint density at radius 3 is 2.28 bits per heavy atom. The molecule has 0 N–H and O–H groups in total. The van der Waals surface area contributed by atoms with Crippen LogP contribution in [0.1, 0.15) is 35.6 Å². The van der Waals surface area contributed by atoms with Crippen molar-refractivity contribution in [2.24, 2.45) is 0 Å². The van der Waals surface area contributed by atoms with Crippen molar-refractivity contribution in [3.8, 4) is 0 Å². The summed E-state index contributed by atoms with van der Waals surface area (Å²) in [7, 11) is 0. The Labute approximate surface area is 102 Å². The first-order chi connectivity index (χ1) is 8.36. The average molecular weight is 266 g/mol. The summed E-state index contributed by atoms with van der Waals surface area (Å²) in [5, 5.41) is 3.88. The van der Waals surface area contributed by atoms with Crippen LogP contribution in [0.3, 0.4) is 0 Å². The first-order valence-corrected chi connectivity index (χ1v) is 5.62. The number of aromatic nitrogens is 2. The van der Waals surface area contributed by atoms with E-state index in [2.05, 4.69) is 5.10 Å². The molecule has 102 valence electrons. The predicted octanol–water partition coefficient (Wildman–Crippen LogP) is 2.72. The molecular weight excluding hydrogens is 252 g/mol. The molecule has 0 aromatic carbocycles. The van der Waals surface area contributed by atoms with Gasteiger partial charge in [0.05, 0.1) is 17.8 Å². The lowest BCUT2D eigenvalue weighted by molar-refractivity contribution is -0.0886. The first kappa shape index (κ1) is 14.7. The fourth-order valence-corrected chi connectivity index (χ4v) is 1.83. The third kappa shape index (κ3) is 2.70. The van der Waals surface area contributed by atoms with Crippen LogP contribution in [0.15, 0.2) is 0 Å². The average Bonchev–Trinajstić information content (AvgIpc) is 2.64. The van der Waals surface area contributed by atoms with Gasteiger partial charge in [-0.05, 0) is 12.8 Å². The van der Waals surface area contributed by atoms with Crippen LogP contribution in [-0.2, 0) is 19.4 Å². The maximum absolute atomic E-state index is 12.5. The molecule has 1 rings (SSSR count). The summed E-state index contributed by atoms with van der Waals surface area (Å²) in [5.74, 6) is -1.90. The molecule has 3 nitrogen and oxygen atoms in total. The second-order valence-corrected chi connectivity index (χ2v) is 3.71. The molecule has 1 aromatic rings. The fourth-order valence-electron chi connectivity index (χ4n) is 1.83. The van der Waals surface area contributed by atoms with Gasteiger partial charge >= 0.3 is 6.18 Å². The molecule has 0 aliphatic heterocycles. The van der Waals surface area contributed by atoms with Crippen molar-refractivity contribution in [2.75, 3.05) is 6.67 Å². The highest BCUT2D eigenvalue weighted by molar-refractivity contribution is 6.02. The Balaban J connectivity index is 3.35. The van der Waals surface area contributed by atoms with Crippen LogP contribution in [0.4, 0.5) is 17.6 Å². The molecule has 18 heavy (non-hydrogen) atoms. The van der Waals surface area contributed by atoms with Gasteiger partial charge in [-0.2, -0.15) is 18.3 Å². The largest absolute Gasteiger partial charge is 0.455 e. The zero-order valence-corrected chi connectivity index (χ0v) is 10.1. The van der Waals surface area contributed by atoms with Gasteiger partial charge < -0.3 is 0 Å². The van der Waals surface area contributed by atoms with Gasteiger partial charge in [-0.1, -0.05) is 13.8 Å². The molecule has 0 radical (unpaired) electrons. The van der Waals surface area contributed by atoms with Crippen molar-refractivity contribution in [1.82, 2.24) is 9.78 Å². The topological polar surface area (TPSA) is 34.9 Å². The highest BCUT2D eigenvalue weighted by Crippen LogP contribution is 2.26. The summed E-state index contributed by atoms with van der Waals surface area (Å²) in [6.07, 6.45) is -4.54. The van der Waals surface area contributed by atoms with E-state index >= 15 is 0 Å². The normalized spacial score (nSPS) is 11.9. The van der Waals surface area contributed by atoms with E-state index in [1.54, 1.807) is 13.8 Å². The third-order valence-corrected chi connectivity index (χ3v) is 2.58. The highest BCUT2D eigenvalue weighted by atomic mass is 19.4. The highest BCUT2D eigenvalue weighted by Gasteiger charge is 2.42. The predicted molar refractivity (Wildman–Crippen MR) is 57.3 cm³/mol. The maximum atomic E-state index is 12.5. The van der Waals surface area contributed by atoms with E-state index in [9.17, 15) is 22.4 Å². The van der Waals surface area contributed by atoms with E-state index in [-0.39, 0.29) is 30.8 Å². The first-order valence-electron chi connectivity index (χ1n) is 5.62. The van der Waals surface area contributed by atoms with Gasteiger partial charge in [0.15, 0.2) is 0 Å². The van der Waals surface area contributed by atoms with Crippen molar-refractivity contribution in [3.63, 3.8) is 0 Å². The van der Waals surface area contributed by atoms with Gasteiger partial charge in [-0.3, -0.25) is 9.48 Å². The van der Waals surface area contributed by atoms with Crippen LogP contribution >= 0.6 is 0 Å². The molecule has 1 heterocycles. The molecule has 0 aliphatic carbocycles. The number of hydrogen-bond acceptors (Lipinski definition) is 2. The van der Waals surface area contributed by atoms with Crippen LogP contribution < -0.4 is 0 Å². The number of ketones is 1. The number of hydrogen-bond donors (Lipinski definition) is 0. The van der Waals surface area contributed by atoms with E-state index in [0.717, 1.165) is 4.68 Å².